The fourth-order valence-electron chi connectivity index (χ4n) is 3.96. The fourth-order valence-corrected chi connectivity index (χ4v) is 5.69. The van der Waals surface area contributed by atoms with E-state index in [1.807, 2.05) is 32.0 Å². The molecule has 0 saturated carbocycles. The summed E-state index contributed by atoms with van der Waals surface area (Å²) >= 11 is 0. The van der Waals surface area contributed by atoms with Gasteiger partial charge in [-0.25, -0.2) is 13.2 Å². The molecule has 1 aromatic carbocycles. The molecule has 2 amide bonds. The number of sulfone groups is 1. The summed E-state index contributed by atoms with van der Waals surface area (Å²) in [7, 11) is -3.15. The zero-order chi connectivity index (χ0) is 23.6. The predicted octanol–water partition coefficient (Wildman–Crippen LogP) is 1.75. The van der Waals surface area contributed by atoms with Crippen molar-refractivity contribution in [1.29, 1.82) is 0 Å². The maximum absolute atomic E-state index is 12.9. The molecule has 0 aliphatic carbocycles. The van der Waals surface area contributed by atoms with Gasteiger partial charge in [0, 0.05) is 25.4 Å². The molecule has 10 heteroatoms. The van der Waals surface area contributed by atoms with Crippen LogP contribution in [0.5, 0.6) is 0 Å². The number of hydrogen-bond acceptors (Lipinski definition) is 7. The third-order valence-electron chi connectivity index (χ3n) is 5.77. The Kier molecular flexibility index (Phi) is 7.02. The first kappa shape index (κ1) is 23.9. The SMILES string of the molecule is CCN(C(=O)C(C)OC(=O)C1=NN(c2cc(C)ccc2C)C(=O)CC1)C1CCS(=O)(=O)C1. The van der Waals surface area contributed by atoms with Crippen LogP contribution >= 0.6 is 0 Å². The molecule has 1 aromatic rings. The lowest BCUT2D eigenvalue weighted by Gasteiger charge is -2.29. The highest BCUT2D eigenvalue weighted by Gasteiger charge is 2.37. The van der Waals surface area contributed by atoms with Crippen LogP contribution in [0.15, 0.2) is 23.3 Å². The number of hydrazone groups is 1. The van der Waals surface area contributed by atoms with Gasteiger partial charge in [-0.05, 0) is 51.3 Å². The maximum Gasteiger partial charge on any atom is 0.355 e. The molecule has 174 valence electrons. The summed E-state index contributed by atoms with van der Waals surface area (Å²) in [4.78, 5) is 39.5. The van der Waals surface area contributed by atoms with E-state index in [0.717, 1.165) is 11.1 Å². The van der Waals surface area contributed by atoms with Crippen molar-refractivity contribution in [3.05, 3.63) is 29.3 Å². The molecule has 0 radical (unpaired) electrons. The van der Waals surface area contributed by atoms with Gasteiger partial charge in [0.25, 0.3) is 5.91 Å². The van der Waals surface area contributed by atoms with Crippen LogP contribution in [0, 0.1) is 13.8 Å². The average molecular weight is 464 g/mol. The number of amides is 2. The van der Waals surface area contributed by atoms with E-state index in [4.69, 9.17) is 4.74 Å². The molecule has 0 bridgehead atoms. The Morgan fingerprint density at radius 2 is 2.00 bits per heavy atom. The van der Waals surface area contributed by atoms with Crippen LogP contribution in [0.25, 0.3) is 0 Å². The van der Waals surface area contributed by atoms with Crippen LogP contribution in [-0.2, 0) is 29.0 Å². The van der Waals surface area contributed by atoms with Crippen LogP contribution < -0.4 is 5.01 Å². The minimum atomic E-state index is -3.15. The van der Waals surface area contributed by atoms with Crippen LogP contribution in [0.3, 0.4) is 0 Å². The van der Waals surface area contributed by atoms with Crippen LogP contribution in [0.4, 0.5) is 5.69 Å². The molecule has 3 rings (SSSR count). The largest absolute Gasteiger partial charge is 0.448 e. The average Bonchev–Trinajstić information content (AvgIpc) is 3.10. The molecule has 2 aliphatic rings. The van der Waals surface area contributed by atoms with Crippen molar-refractivity contribution in [1.82, 2.24) is 4.90 Å². The first-order valence-electron chi connectivity index (χ1n) is 10.7. The molecular formula is C22H29N3O6S. The molecule has 32 heavy (non-hydrogen) atoms. The quantitative estimate of drug-likeness (QED) is 0.594. The van der Waals surface area contributed by atoms with E-state index in [9.17, 15) is 22.8 Å². The number of esters is 1. The monoisotopic (exact) mass is 463 g/mol. The van der Waals surface area contributed by atoms with E-state index >= 15 is 0 Å². The third kappa shape index (κ3) is 5.17. The normalized spacial score (nSPS) is 21.1. The van der Waals surface area contributed by atoms with Gasteiger partial charge < -0.3 is 9.64 Å². The zero-order valence-corrected chi connectivity index (χ0v) is 19.6. The third-order valence-corrected chi connectivity index (χ3v) is 7.52. The standard InChI is InChI=1S/C22H29N3O6S/c1-5-24(17-10-11-32(29,30)13-17)21(27)16(4)31-22(28)18-8-9-20(26)25(23-18)19-12-14(2)6-7-15(19)3/h6-7,12,16-17H,5,8-11,13H2,1-4H3. The van der Waals surface area contributed by atoms with E-state index in [2.05, 4.69) is 5.10 Å². The number of carbonyl (C=O) groups is 3. The number of hydrogen-bond donors (Lipinski definition) is 0. The Bertz CT molecular complexity index is 1070. The lowest BCUT2D eigenvalue weighted by Crippen LogP contribution is -2.47. The number of ether oxygens (including phenoxy) is 1. The topological polar surface area (TPSA) is 113 Å². The van der Waals surface area contributed by atoms with Gasteiger partial charge in [-0.15, -0.1) is 0 Å². The first-order chi connectivity index (χ1) is 15.0. The summed E-state index contributed by atoms with van der Waals surface area (Å²) in [6.45, 7) is 7.29. The lowest BCUT2D eigenvalue weighted by atomic mass is 10.1. The van der Waals surface area contributed by atoms with Crippen molar-refractivity contribution in [2.24, 2.45) is 5.10 Å². The van der Waals surface area contributed by atoms with Crippen LogP contribution in [0.2, 0.25) is 0 Å². The van der Waals surface area contributed by atoms with Gasteiger partial charge in [-0.2, -0.15) is 10.1 Å². The molecule has 0 N–H and O–H groups in total. The van der Waals surface area contributed by atoms with Crippen molar-refractivity contribution < 1.29 is 27.5 Å². The van der Waals surface area contributed by atoms with Crippen LogP contribution in [-0.4, -0.2) is 67.0 Å². The molecule has 2 aliphatic heterocycles. The van der Waals surface area contributed by atoms with E-state index in [0.29, 0.717) is 18.7 Å². The van der Waals surface area contributed by atoms with E-state index in [-0.39, 0.29) is 36.0 Å². The van der Waals surface area contributed by atoms with Gasteiger partial charge in [0.15, 0.2) is 15.9 Å². The zero-order valence-electron chi connectivity index (χ0n) is 18.8. The van der Waals surface area contributed by atoms with E-state index in [1.54, 1.807) is 6.92 Å². The number of anilines is 1. The minimum Gasteiger partial charge on any atom is -0.448 e. The van der Waals surface area contributed by atoms with Gasteiger partial charge in [0.05, 0.1) is 17.2 Å². The van der Waals surface area contributed by atoms with Crippen LogP contribution in [0.1, 0.15) is 44.2 Å². The summed E-state index contributed by atoms with van der Waals surface area (Å²) in [5.74, 6) is -1.45. The minimum absolute atomic E-state index is 0.0503. The molecule has 1 saturated heterocycles. The lowest BCUT2D eigenvalue weighted by molar-refractivity contribution is -0.155. The summed E-state index contributed by atoms with van der Waals surface area (Å²) in [5, 5.41) is 5.45. The molecule has 0 spiro atoms. The molecular weight excluding hydrogens is 434 g/mol. The summed E-state index contributed by atoms with van der Waals surface area (Å²) < 4.78 is 28.9. The van der Waals surface area contributed by atoms with E-state index < -0.39 is 33.9 Å². The Hall–Kier alpha value is -2.75. The van der Waals surface area contributed by atoms with Crippen molar-refractivity contribution in [3.63, 3.8) is 0 Å². The van der Waals surface area contributed by atoms with Crippen molar-refractivity contribution in [3.8, 4) is 0 Å². The number of benzene rings is 1. The Labute approximate surface area is 188 Å². The maximum atomic E-state index is 12.9. The number of rotatable bonds is 6. The molecule has 2 unspecified atom stereocenters. The molecule has 2 heterocycles. The number of likely N-dealkylation sites (N-methyl/N-ethyl adjacent to an activating group) is 1. The van der Waals surface area contributed by atoms with Gasteiger partial charge in [-0.1, -0.05) is 12.1 Å². The highest BCUT2D eigenvalue weighted by atomic mass is 32.2. The Morgan fingerprint density at radius 1 is 1.28 bits per heavy atom. The Balaban J connectivity index is 1.73. The van der Waals surface area contributed by atoms with Crippen molar-refractivity contribution >= 4 is 39.0 Å². The smallest absolute Gasteiger partial charge is 0.355 e. The highest BCUT2D eigenvalue weighted by Crippen LogP contribution is 2.26. The van der Waals surface area contributed by atoms with Gasteiger partial charge >= 0.3 is 5.97 Å². The summed E-state index contributed by atoms with van der Waals surface area (Å²) in [5.41, 5.74) is 2.47. The molecule has 1 fully saturated rings. The molecule has 9 nitrogen and oxygen atoms in total. The Morgan fingerprint density at radius 3 is 2.62 bits per heavy atom. The first-order valence-corrected chi connectivity index (χ1v) is 12.5. The van der Waals surface area contributed by atoms with Gasteiger partial charge in [-0.3, -0.25) is 9.59 Å². The summed E-state index contributed by atoms with van der Waals surface area (Å²) in [6.07, 6.45) is -0.495. The molecule has 0 aromatic heterocycles. The predicted molar refractivity (Wildman–Crippen MR) is 120 cm³/mol. The number of carbonyl (C=O) groups excluding carboxylic acids is 3. The second-order valence-electron chi connectivity index (χ2n) is 8.27. The second-order valence-corrected chi connectivity index (χ2v) is 10.5. The highest BCUT2D eigenvalue weighted by molar-refractivity contribution is 7.91. The second kappa shape index (κ2) is 9.40. The summed E-state index contributed by atoms with van der Waals surface area (Å²) in [6, 6.07) is 5.21. The van der Waals surface area contributed by atoms with Gasteiger partial charge in [0.1, 0.15) is 5.71 Å². The van der Waals surface area contributed by atoms with Crippen molar-refractivity contribution in [2.45, 2.75) is 59.1 Å². The fraction of sp³-hybridized carbons (Fsp3) is 0.545. The molecule has 2 atom stereocenters. The van der Waals surface area contributed by atoms with Crippen molar-refractivity contribution in [2.75, 3.05) is 23.1 Å². The number of aryl methyl sites for hydroxylation is 2. The number of nitrogens with zero attached hydrogens (tertiary/aromatic N) is 3. The van der Waals surface area contributed by atoms with E-state index in [1.165, 1.54) is 16.8 Å². The van der Waals surface area contributed by atoms with Gasteiger partial charge in [0.2, 0.25) is 5.91 Å².